The quantitative estimate of drug-likeness (QED) is 0.689. The Balaban J connectivity index is 1.46. The summed E-state index contributed by atoms with van der Waals surface area (Å²) >= 11 is 0. The summed E-state index contributed by atoms with van der Waals surface area (Å²) in [4.78, 5) is 40.7. The van der Waals surface area contributed by atoms with Gasteiger partial charge in [0, 0.05) is 25.4 Å². The summed E-state index contributed by atoms with van der Waals surface area (Å²) in [7, 11) is 1.54. The SMILES string of the molecule is COc1ccc2cc1Oc1cc(ccc1O)CCC(=O)N[C@@H]1CN(C(=O)CN3CCOC3=O)C[C@@H]21. The van der Waals surface area contributed by atoms with E-state index in [1.54, 1.807) is 29.2 Å². The zero-order chi connectivity index (χ0) is 24.5. The lowest BCUT2D eigenvalue weighted by Crippen LogP contribution is -2.42. The molecule has 0 saturated carbocycles. The molecule has 2 N–H and O–H groups in total. The molecule has 5 rings (SSSR count). The first-order valence-electron chi connectivity index (χ1n) is 11.6. The van der Waals surface area contributed by atoms with Gasteiger partial charge in [0.05, 0.1) is 19.7 Å². The fraction of sp³-hybridized carbons (Fsp3) is 0.400. The van der Waals surface area contributed by atoms with E-state index >= 15 is 0 Å². The second kappa shape index (κ2) is 9.36. The van der Waals surface area contributed by atoms with E-state index in [2.05, 4.69) is 5.32 Å². The van der Waals surface area contributed by atoms with E-state index in [4.69, 9.17) is 14.2 Å². The summed E-state index contributed by atoms with van der Waals surface area (Å²) < 4.78 is 16.4. The normalized spacial score (nSPS) is 21.6. The Morgan fingerprint density at radius 1 is 1.14 bits per heavy atom. The molecule has 3 aliphatic heterocycles. The minimum absolute atomic E-state index is 0.0171. The Kier molecular flexibility index (Phi) is 6.10. The standard InChI is InChI=1S/C25H27N3O7/c1-33-20-6-4-16-11-22(20)35-21-10-15(2-5-19(21)29)3-7-23(30)26-18-13-28(12-17(16)18)24(31)14-27-8-9-34-25(27)32/h2,4-6,10-11,17-18,29H,3,7-9,12-14H2,1H3,(H,26,30)/t17-,18+/m0/s1. The van der Waals surface area contributed by atoms with Crippen molar-refractivity contribution in [2.24, 2.45) is 0 Å². The van der Waals surface area contributed by atoms with E-state index in [9.17, 15) is 19.5 Å². The number of benzene rings is 2. The summed E-state index contributed by atoms with van der Waals surface area (Å²) in [5.41, 5.74) is 1.71. The van der Waals surface area contributed by atoms with E-state index < -0.39 is 6.09 Å². The third kappa shape index (κ3) is 4.68. The molecule has 2 fully saturated rings. The molecule has 0 unspecified atom stereocenters. The molecule has 3 heterocycles. The third-order valence-corrected chi connectivity index (χ3v) is 6.69. The van der Waals surface area contributed by atoms with Crippen molar-refractivity contribution < 1.29 is 33.7 Å². The molecule has 3 amide bonds. The Labute approximate surface area is 202 Å². The predicted octanol–water partition coefficient (Wildman–Crippen LogP) is 2.00. The number of phenols is 1. The van der Waals surface area contributed by atoms with Crippen LogP contribution in [0.3, 0.4) is 0 Å². The van der Waals surface area contributed by atoms with Gasteiger partial charge in [-0.2, -0.15) is 0 Å². The molecule has 0 aromatic heterocycles. The summed E-state index contributed by atoms with van der Waals surface area (Å²) in [5, 5.41) is 13.4. The number of aromatic hydroxyl groups is 1. The first kappa shape index (κ1) is 22.8. The molecule has 2 saturated heterocycles. The van der Waals surface area contributed by atoms with Crippen molar-refractivity contribution in [1.82, 2.24) is 15.1 Å². The number of methoxy groups -OCH3 is 1. The number of nitrogens with zero attached hydrogens (tertiary/aromatic N) is 2. The highest BCUT2D eigenvalue weighted by Crippen LogP contribution is 2.40. The maximum atomic E-state index is 13.0. The van der Waals surface area contributed by atoms with Crippen LogP contribution in [0.15, 0.2) is 36.4 Å². The average Bonchev–Trinajstić information content (AvgIpc) is 3.45. The lowest BCUT2D eigenvalue weighted by Gasteiger charge is -2.21. The summed E-state index contributed by atoms with van der Waals surface area (Å²) in [6.45, 7) is 1.30. The Morgan fingerprint density at radius 3 is 2.77 bits per heavy atom. The van der Waals surface area contributed by atoms with Crippen LogP contribution in [0.1, 0.15) is 23.5 Å². The van der Waals surface area contributed by atoms with Crippen LogP contribution in [0.4, 0.5) is 4.79 Å². The molecule has 0 radical (unpaired) electrons. The molecule has 0 spiro atoms. The number of carbonyl (C=O) groups is 3. The zero-order valence-corrected chi connectivity index (χ0v) is 19.4. The van der Waals surface area contributed by atoms with Crippen LogP contribution in [0.2, 0.25) is 0 Å². The number of amides is 3. The van der Waals surface area contributed by atoms with Gasteiger partial charge in [-0.25, -0.2) is 4.79 Å². The molecule has 2 atom stereocenters. The van der Waals surface area contributed by atoms with Crippen molar-refractivity contribution >= 4 is 17.9 Å². The fourth-order valence-electron chi connectivity index (χ4n) is 4.78. The number of rotatable bonds is 3. The summed E-state index contributed by atoms with van der Waals surface area (Å²) in [6.07, 6.45) is 0.229. The highest BCUT2D eigenvalue weighted by molar-refractivity contribution is 5.83. The van der Waals surface area contributed by atoms with Crippen LogP contribution in [0, 0.1) is 0 Å². The number of fused-ring (bicyclic) bond motifs is 6. The van der Waals surface area contributed by atoms with Gasteiger partial charge in [-0.05, 0) is 41.8 Å². The van der Waals surface area contributed by atoms with Gasteiger partial charge in [0.25, 0.3) is 0 Å². The van der Waals surface area contributed by atoms with Gasteiger partial charge in [0.1, 0.15) is 13.2 Å². The van der Waals surface area contributed by atoms with Gasteiger partial charge < -0.3 is 29.5 Å². The molecule has 184 valence electrons. The Bertz CT molecular complexity index is 1170. The van der Waals surface area contributed by atoms with Crippen molar-refractivity contribution in [3.8, 4) is 23.0 Å². The topological polar surface area (TPSA) is 118 Å². The molecule has 3 aliphatic rings. The molecule has 2 aromatic rings. The highest BCUT2D eigenvalue weighted by atomic mass is 16.6. The van der Waals surface area contributed by atoms with Gasteiger partial charge in [-0.3, -0.25) is 14.5 Å². The van der Waals surface area contributed by atoms with Crippen molar-refractivity contribution in [2.45, 2.75) is 24.8 Å². The number of hydrogen-bond donors (Lipinski definition) is 2. The number of phenolic OH excluding ortho intramolecular Hbond substituents is 1. The second-order valence-electron chi connectivity index (χ2n) is 8.93. The van der Waals surface area contributed by atoms with E-state index in [0.29, 0.717) is 37.6 Å². The van der Waals surface area contributed by atoms with Crippen LogP contribution in [0.25, 0.3) is 0 Å². The Morgan fingerprint density at radius 2 is 2.00 bits per heavy atom. The largest absolute Gasteiger partial charge is 0.504 e. The molecule has 4 bridgehead atoms. The average molecular weight is 482 g/mol. The van der Waals surface area contributed by atoms with E-state index in [-0.39, 0.29) is 54.8 Å². The summed E-state index contributed by atoms with van der Waals surface area (Å²) in [6, 6.07) is 10.2. The van der Waals surface area contributed by atoms with Crippen LogP contribution >= 0.6 is 0 Å². The van der Waals surface area contributed by atoms with Crippen LogP contribution in [0.5, 0.6) is 23.0 Å². The minimum Gasteiger partial charge on any atom is -0.504 e. The van der Waals surface area contributed by atoms with Crippen molar-refractivity contribution in [3.63, 3.8) is 0 Å². The van der Waals surface area contributed by atoms with E-state index in [1.807, 2.05) is 12.1 Å². The zero-order valence-electron chi connectivity index (χ0n) is 19.4. The van der Waals surface area contributed by atoms with Crippen molar-refractivity contribution in [1.29, 1.82) is 0 Å². The van der Waals surface area contributed by atoms with Gasteiger partial charge in [-0.15, -0.1) is 0 Å². The van der Waals surface area contributed by atoms with Crippen LogP contribution < -0.4 is 14.8 Å². The molecule has 35 heavy (non-hydrogen) atoms. The number of nitrogens with one attached hydrogen (secondary N) is 1. The Hall–Kier alpha value is -3.95. The smallest absolute Gasteiger partial charge is 0.410 e. The van der Waals surface area contributed by atoms with Gasteiger partial charge in [0.15, 0.2) is 23.0 Å². The number of carbonyl (C=O) groups excluding carboxylic acids is 3. The molecule has 10 heteroatoms. The molecular weight excluding hydrogens is 454 g/mol. The van der Waals surface area contributed by atoms with Crippen molar-refractivity contribution in [2.75, 3.05) is 39.9 Å². The molecule has 0 aliphatic carbocycles. The monoisotopic (exact) mass is 481 g/mol. The van der Waals surface area contributed by atoms with Gasteiger partial charge in [-0.1, -0.05) is 12.1 Å². The minimum atomic E-state index is -0.489. The highest BCUT2D eigenvalue weighted by Gasteiger charge is 2.38. The predicted molar refractivity (Wildman–Crippen MR) is 124 cm³/mol. The number of aryl methyl sites for hydroxylation is 1. The van der Waals surface area contributed by atoms with E-state index in [1.165, 1.54) is 12.0 Å². The number of cyclic esters (lactones) is 1. The van der Waals surface area contributed by atoms with Crippen LogP contribution in [-0.4, -0.2) is 78.8 Å². The molecule has 10 nitrogen and oxygen atoms in total. The maximum Gasteiger partial charge on any atom is 0.410 e. The van der Waals surface area contributed by atoms with E-state index in [0.717, 1.165) is 11.1 Å². The van der Waals surface area contributed by atoms with Gasteiger partial charge >= 0.3 is 6.09 Å². The van der Waals surface area contributed by atoms with Crippen molar-refractivity contribution in [3.05, 3.63) is 47.5 Å². The third-order valence-electron chi connectivity index (χ3n) is 6.69. The number of hydrogen-bond acceptors (Lipinski definition) is 7. The molecular formula is C25H27N3O7. The maximum absolute atomic E-state index is 13.0. The van der Waals surface area contributed by atoms with Gasteiger partial charge in [0.2, 0.25) is 11.8 Å². The van der Waals surface area contributed by atoms with Crippen LogP contribution in [-0.2, 0) is 20.7 Å². The first-order chi connectivity index (χ1) is 16.9. The summed E-state index contributed by atoms with van der Waals surface area (Å²) in [5.74, 6) is 0.655. The molecule has 2 aromatic carbocycles. The second-order valence-corrected chi connectivity index (χ2v) is 8.93. The lowest BCUT2D eigenvalue weighted by atomic mass is 9.93. The first-order valence-corrected chi connectivity index (χ1v) is 11.6. The number of likely N-dealkylation sites (tertiary alicyclic amines) is 1. The number of ether oxygens (including phenoxy) is 3. The lowest BCUT2D eigenvalue weighted by molar-refractivity contribution is -0.131. The fourth-order valence-corrected chi connectivity index (χ4v) is 4.78.